The molecule has 1 heterocycles. The summed E-state index contributed by atoms with van der Waals surface area (Å²) in [4.78, 5) is 25.9. The Hall–Kier alpha value is -2.04. The Morgan fingerprint density at radius 3 is 2.79 bits per heavy atom. The Morgan fingerprint density at radius 2 is 2.08 bits per heavy atom. The molecule has 1 aromatic carbocycles. The van der Waals surface area contributed by atoms with Gasteiger partial charge < -0.3 is 15.0 Å². The van der Waals surface area contributed by atoms with Crippen LogP contribution in [0.2, 0.25) is 0 Å². The molecule has 3 rings (SSSR count). The average molecular weight is 330 g/mol. The first-order chi connectivity index (χ1) is 11.7. The molecule has 0 radical (unpaired) electrons. The van der Waals surface area contributed by atoms with Gasteiger partial charge in [0, 0.05) is 25.4 Å². The number of hydrogen-bond donors (Lipinski definition) is 1. The third-order valence-electron chi connectivity index (χ3n) is 5.52. The third kappa shape index (κ3) is 2.99. The molecular weight excluding hydrogens is 304 g/mol. The van der Waals surface area contributed by atoms with E-state index in [0.29, 0.717) is 25.3 Å². The highest BCUT2D eigenvalue weighted by atomic mass is 16.5. The van der Waals surface area contributed by atoms with Gasteiger partial charge in [0.25, 0.3) is 0 Å². The van der Waals surface area contributed by atoms with Crippen LogP contribution in [-0.2, 0) is 15.1 Å². The predicted octanol–water partition coefficient (Wildman–Crippen LogP) is 3.05. The van der Waals surface area contributed by atoms with E-state index < -0.39 is 6.09 Å². The summed E-state index contributed by atoms with van der Waals surface area (Å²) in [6.45, 7) is 1.34. The molecule has 2 atom stereocenters. The van der Waals surface area contributed by atoms with Crippen LogP contribution in [0.3, 0.4) is 0 Å². The van der Waals surface area contributed by atoms with E-state index in [9.17, 15) is 9.59 Å². The molecule has 5 nitrogen and oxygen atoms in total. The third-order valence-corrected chi connectivity index (χ3v) is 5.52. The van der Waals surface area contributed by atoms with Gasteiger partial charge in [-0.15, -0.1) is 0 Å². The molecular formula is C19H26N2O3. The average Bonchev–Trinajstić information content (AvgIpc) is 2.60. The van der Waals surface area contributed by atoms with E-state index in [1.165, 1.54) is 31.9 Å². The first kappa shape index (κ1) is 16.8. The Bertz CT molecular complexity index is 590. The lowest BCUT2D eigenvalue weighted by Crippen LogP contribution is -2.67. The minimum atomic E-state index is -0.445. The Kier molecular flexibility index (Phi) is 5.07. The van der Waals surface area contributed by atoms with Crippen LogP contribution in [0.5, 0.6) is 0 Å². The molecule has 2 aliphatic rings. The summed E-state index contributed by atoms with van der Waals surface area (Å²) in [5.41, 5.74) is 1.19. The van der Waals surface area contributed by atoms with Crippen LogP contribution in [0.25, 0.3) is 0 Å². The van der Waals surface area contributed by atoms with Crippen molar-refractivity contribution in [2.75, 3.05) is 20.2 Å². The van der Waals surface area contributed by atoms with Crippen molar-refractivity contribution in [3.63, 3.8) is 0 Å². The van der Waals surface area contributed by atoms with E-state index in [1.54, 1.807) is 0 Å². The number of hydrogen-bond acceptors (Lipinski definition) is 3. The van der Waals surface area contributed by atoms with E-state index in [0.717, 1.165) is 13.0 Å². The van der Waals surface area contributed by atoms with Crippen molar-refractivity contribution in [2.24, 2.45) is 5.92 Å². The van der Waals surface area contributed by atoms with Crippen molar-refractivity contribution in [3.05, 3.63) is 35.9 Å². The molecule has 1 aliphatic heterocycles. The van der Waals surface area contributed by atoms with Gasteiger partial charge in [-0.1, -0.05) is 43.2 Å². The highest BCUT2D eigenvalue weighted by molar-refractivity contribution is 5.79. The van der Waals surface area contributed by atoms with Crippen LogP contribution >= 0.6 is 0 Å². The fourth-order valence-electron chi connectivity index (χ4n) is 4.32. The maximum Gasteiger partial charge on any atom is 0.406 e. The Morgan fingerprint density at radius 1 is 1.29 bits per heavy atom. The number of fused-ring (bicyclic) bond motifs is 1. The lowest BCUT2D eigenvalue weighted by Gasteiger charge is -2.61. The molecule has 2 fully saturated rings. The van der Waals surface area contributed by atoms with Gasteiger partial charge in [-0.3, -0.25) is 4.79 Å². The number of nitrogens with one attached hydrogen (secondary N) is 1. The molecule has 1 saturated carbocycles. The molecule has 0 aromatic heterocycles. The van der Waals surface area contributed by atoms with Crippen LogP contribution in [0.15, 0.2) is 30.3 Å². The van der Waals surface area contributed by atoms with Gasteiger partial charge in [-0.2, -0.15) is 0 Å². The molecule has 2 unspecified atom stereocenters. The normalized spacial score (nSPS) is 25.4. The second-order valence-corrected chi connectivity index (χ2v) is 6.76. The van der Waals surface area contributed by atoms with Gasteiger partial charge in [-0.05, 0) is 24.8 Å². The number of methoxy groups -OCH3 is 1. The number of amides is 2. The molecule has 1 saturated heterocycles. The van der Waals surface area contributed by atoms with Crippen LogP contribution < -0.4 is 5.32 Å². The molecule has 24 heavy (non-hydrogen) atoms. The van der Waals surface area contributed by atoms with Crippen LogP contribution in [-0.4, -0.2) is 37.1 Å². The Labute approximate surface area is 143 Å². The second-order valence-electron chi connectivity index (χ2n) is 6.76. The van der Waals surface area contributed by atoms with Crippen molar-refractivity contribution < 1.29 is 14.3 Å². The zero-order valence-corrected chi connectivity index (χ0v) is 14.3. The van der Waals surface area contributed by atoms with Crippen LogP contribution in [0.1, 0.15) is 44.1 Å². The number of rotatable bonds is 5. The van der Waals surface area contributed by atoms with Crippen molar-refractivity contribution in [3.8, 4) is 0 Å². The number of alkyl carbamates (subject to hydrolysis) is 1. The van der Waals surface area contributed by atoms with E-state index in [4.69, 9.17) is 0 Å². The summed E-state index contributed by atoms with van der Waals surface area (Å²) in [6, 6.07) is 10.5. The number of benzene rings is 1. The zero-order valence-electron chi connectivity index (χ0n) is 14.3. The highest BCUT2D eigenvalue weighted by Gasteiger charge is 2.56. The SMILES string of the molecule is COC(=O)NCCCC(=O)N1CC2CCCCC21c1ccccc1. The fraction of sp³-hybridized carbons (Fsp3) is 0.579. The minimum Gasteiger partial charge on any atom is -0.453 e. The van der Waals surface area contributed by atoms with E-state index in [1.807, 2.05) is 6.07 Å². The maximum absolute atomic E-state index is 12.8. The molecule has 0 spiro atoms. The second kappa shape index (κ2) is 7.24. The lowest BCUT2D eigenvalue weighted by molar-refractivity contribution is -0.166. The molecule has 0 bridgehead atoms. The first-order valence-corrected chi connectivity index (χ1v) is 8.86. The number of nitrogens with zero attached hydrogens (tertiary/aromatic N) is 1. The van der Waals surface area contributed by atoms with Gasteiger partial charge in [0.1, 0.15) is 0 Å². The van der Waals surface area contributed by atoms with Crippen molar-refractivity contribution >= 4 is 12.0 Å². The van der Waals surface area contributed by atoms with Gasteiger partial charge in [0.15, 0.2) is 0 Å². The quantitative estimate of drug-likeness (QED) is 0.844. The van der Waals surface area contributed by atoms with Gasteiger partial charge >= 0.3 is 6.09 Å². The molecule has 1 N–H and O–H groups in total. The van der Waals surface area contributed by atoms with Crippen molar-refractivity contribution in [1.29, 1.82) is 0 Å². The van der Waals surface area contributed by atoms with Crippen LogP contribution in [0, 0.1) is 5.92 Å². The van der Waals surface area contributed by atoms with E-state index in [2.05, 4.69) is 39.2 Å². The van der Waals surface area contributed by atoms with E-state index >= 15 is 0 Å². The van der Waals surface area contributed by atoms with Gasteiger partial charge in [-0.25, -0.2) is 4.79 Å². The van der Waals surface area contributed by atoms with Crippen molar-refractivity contribution in [1.82, 2.24) is 10.2 Å². The summed E-state index contributed by atoms with van der Waals surface area (Å²) in [5.74, 6) is 0.787. The standard InChI is InChI=1S/C19H26N2O3/c1-24-18(23)20-13-7-11-17(22)21-14-16-10-5-6-12-19(16,21)15-8-3-2-4-9-15/h2-4,8-9,16H,5-7,10-14H2,1H3,(H,20,23). The number of carbonyl (C=O) groups is 2. The number of carbonyl (C=O) groups excluding carboxylic acids is 2. The lowest BCUT2D eigenvalue weighted by atomic mass is 9.61. The number of ether oxygens (including phenoxy) is 1. The minimum absolute atomic E-state index is 0.0909. The Balaban J connectivity index is 1.64. The zero-order chi connectivity index (χ0) is 17.0. The van der Waals surface area contributed by atoms with Crippen LogP contribution in [0.4, 0.5) is 4.79 Å². The van der Waals surface area contributed by atoms with Gasteiger partial charge in [0.05, 0.1) is 12.6 Å². The molecule has 1 aliphatic carbocycles. The molecule has 5 heteroatoms. The highest BCUT2D eigenvalue weighted by Crippen LogP contribution is 2.53. The fourth-order valence-corrected chi connectivity index (χ4v) is 4.32. The van der Waals surface area contributed by atoms with Crippen molar-refractivity contribution in [2.45, 2.75) is 44.1 Å². The summed E-state index contributed by atoms with van der Waals surface area (Å²) >= 11 is 0. The summed E-state index contributed by atoms with van der Waals surface area (Å²) in [6.07, 6.45) is 5.38. The first-order valence-electron chi connectivity index (χ1n) is 8.86. The monoisotopic (exact) mass is 330 g/mol. The summed E-state index contributed by atoms with van der Waals surface area (Å²) in [7, 11) is 1.34. The maximum atomic E-state index is 12.8. The smallest absolute Gasteiger partial charge is 0.406 e. The molecule has 130 valence electrons. The predicted molar refractivity (Wildman–Crippen MR) is 91.4 cm³/mol. The van der Waals surface area contributed by atoms with E-state index in [-0.39, 0.29) is 11.4 Å². The number of likely N-dealkylation sites (tertiary alicyclic amines) is 1. The molecule has 2 amide bonds. The largest absolute Gasteiger partial charge is 0.453 e. The topological polar surface area (TPSA) is 58.6 Å². The summed E-state index contributed by atoms with van der Waals surface area (Å²) < 4.78 is 4.54. The summed E-state index contributed by atoms with van der Waals surface area (Å²) in [5, 5.41) is 2.63. The van der Waals surface area contributed by atoms with Gasteiger partial charge in [0.2, 0.25) is 5.91 Å². The molecule has 1 aromatic rings.